The first-order valence-corrected chi connectivity index (χ1v) is 5.25. The molecule has 1 aromatic rings. The number of pyridine rings is 1. The molecule has 2 rings (SSSR count). The minimum atomic E-state index is -2.60. The van der Waals surface area contributed by atoms with Crippen molar-refractivity contribution in [3.05, 3.63) is 29.6 Å². The second-order valence-electron chi connectivity index (χ2n) is 4.29. The van der Waals surface area contributed by atoms with Crippen LogP contribution in [0, 0.1) is 0 Å². The van der Waals surface area contributed by atoms with Crippen LogP contribution in [0.5, 0.6) is 0 Å². The number of aromatic nitrogens is 1. The van der Waals surface area contributed by atoms with E-state index in [1.54, 1.807) is 24.2 Å². The zero-order valence-electron chi connectivity index (χ0n) is 9.16. The maximum atomic E-state index is 13.2. The van der Waals surface area contributed by atoms with Gasteiger partial charge in [-0.2, -0.15) is 0 Å². The van der Waals surface area contributed by atoms with Gasteiger partial charge in [-0.3, -0.25) is 9.88 Å². The predicted octanol–water partition coefficient (Wildman–Crippen LogP) is 1.55. The highest BCUT2D eigenvalue weighted by Gasteiger charge is 2.44. The zero-order valence-corrected chi connectivity index (χ0v) is 9.16. The smallest absolute Gasteiger partial charge is 0.262 e. The van der Waals surface area contributed by atoms with E-state index in [0.29, 0.717) is 12.2 Å². The lowest BCUT2D eigenvalue weighted by Crippen LogP contribution is -2.22. The number of rotatable bonds is 2. The normalized spacial score (nSPS) is 24.9. The van der Waals surface area contributed by atoms with E-state index in [1.165, 1.54) is 0 Å². The Balaban J connectivity index is 2.18. The lowest BCUT2D eigenvalue weighted by molar-refractivity contribution is 0.0140. The summed E-state index contributed by atoms with van der Waals surface area (Å²) in [5.41, 5.74) is 7.06. The van der Waals surface area contributed by atoms with Crippen LogP contribution >= 0.6 is 0 Å². The van der Waals surface area contributed by atoms with E-state index < -0.39 is 5.92 Å². The van der Waals surface area contributed by atoms with Gasteiger partial charge >= 0.3 is 0 Å². The Morgan fingerprint density at radius 2 is 2.31 bits per heavy atom. The summed E-state index contributed by atoms with van der Waals surface area (Å²) in [4.78, 5) is 5.84. The van der Waals surface area contributed by atoms with Crippen molar-refractivity contribution < 1.29 is 8.78 Å². The molecule has 1 saturated heterocycles. The van der Waals surface area contributed by atoms with Gasteiger partial charge < -0.3 is 5.73 Å². The molecule has 3 nitrogen and oxygen atoms in total. The zero-order chi connectivity index (χ0) is 11.8. The molecule has 0 radical (unpaired) electrons. The van der Waals surface area contributed by atoms with Crippen molar-refractivity contribution in [2.75, 3.05) is 13.6 Å². The van der Waals surface area contributed by atoms with Gasteiger partial charge in [0.2, 0.25) is 0 Å². The average Bonchev–Trinajstić information content (AvgIpc) is 2.52. The van der Waals surface area contributed by atoms with Crippen LogP contribution in [0.4, 0.5) is 8.78 Å². The summed E-state index contributed by atoms with van der Waals surface area (Å²) in [6, 6.07) is 3.33. The summed E-state index contributed by atoms with van der Waals surface area (Å²) in [6.07, 6.45) is 1.50. The molecule has 1 aromatic heterocycles. The van der Waals surface area contributed by atoms with Gasteiger partial charge in [0.25, 0.3) is 5.92 Å². The first-order chi connectivity index (χ1) is 7.52. The highest BCUT2D eigenvalue weighted by molar-refractivity contribution is 5.18. The van der Waals surface area contributed by atoms with Crippen LogP contribution in [0.15, 0.2) is 18.3 Å². The molecule has 16 heavy (non-hydrogen) atoms. The molecule has 5 heteroatoms. The van der Waals surface area contributed by atoms with E-state index in [9.17, 15) is 8.78 Å². The van der Waals surface area contributed by atoms with Crippen molar-refractivity contribution in [2.24, 2.45) is 5.73 Å². The first-order valence-electron chi connectivity index (χ1n) is 5.25. The standard InChI is InChI=1S/C11H15F2N3/c1-16-7-11(12,13)4-10(16)9-3-2-8(5-14)6-15-9/h2-3,6,10H,4-5,7,14H2,1H3. The molecule has 1 fully saturated rings. The highest BCUT2D eigenvalue weighted by atomic mass is 19.3. The van der Waals surface area contributed by atoms with E-state index in [-0.39, 0.29) is 19.0 Å². The number of nitrogens with zero attached hydrogens (tertiary/aromatic N) is 2. The van der Waals surface area contributed by atoms with Crippen molar-refractivity contribution in [3.8, 4) is 0 Å². The summed E-state index contributed by atoms with van der Waals surface area (Å²) in [6.45, 7) is 0.224. The predicted molar refractivity (Wildman–Crippen MR) is 57.1 cm³/mol. The molecule has 0 spiro atoms. The maximum Gasteiger partial charge on any atom is 0.262 e. The fourth-order valence-corrected chi connectivity index (χ4v) is 2.06. The molecule has 2 heterocycles. The SMILES string of the molecule is CN1CC(F)(F)CC1c1ccc(CN)cn1. The summed E-state index contributed by atoms with van der Waals surface area (Å²) >= 11 is 0. The van der Waals surface area contributed by atoms with Gasteiger partial charge in [0.1, 0.15) is 0 Å². The Labute approximate surface area is 93.3 Å². The van der Waals surface area contributed by atoms with Crippen molar-refractivity contribution in [3.63, 3.8) is 0 Å². The summed E-state index contributed by atoms with van der Waals surface area (Å²) in [5.74, 6) is -2.60. The summed E-state index contributed by atoms with van der Waals surface area (Å²) in [5, 5.41) is 0. The van der Waals surface area contributed by atoms with E-state index in [1.807, 2.05) is 6.07 Å². The third-order valence-corrected chi connectivity index (χ3v) is 2.93. The van der Waals surface area contributed by atoms with Crippen molar-refractivity contribution in [1.29, 1.82) is 0 Å². The fraction of sp³-hybridized carbons (Fsp3) is 0.545. The summed E-state index contributed by atoms with van der Waals surface area (Å²) in [7, 11) is 1.70. The van der Waals surface area contributed by atoms with Gasteiger partial charge in [-0.25, -0.2) is 8.78 Å². The van der Waals surface area contributed by atoms with Gasteiger partial charge in [-0.1, -0.05) is 6.07 Å². The van der Waals surface area contributed by atoms with E-state index >= 15 is 0 Å². The Hall–Kier alpha value is -1.07. The Kier molecular flexibility index (Phi) is 2.90. The quantitative estimate of drug-likeness (QED) is 0.833. The number of nitrogens with two attached hydrogens (primary N) is 1. The second kappa shape index (κ2) is 4.07. The molecule has 0 aromatic carbocycles. The number of hydrogen-bond donors (Lipinski definition) is 1. The third kappa shape index (κ3) is 2.20. The molecule has 0 saturated carbocycles. The minimum absolute atomic E-state index is 0.154. The van der Waals surface area contributed by atoms with Crippen LogP contribution < -0.4 is 5.73 Å². The molecule has 0 bridgehead atoms. The van der Waals surface area contributed by atoms with Crippen molar-refractivity contribution in [2.45, 2.75) is 24.9 Å². The highest BCUT2D eigenvalue weighted by Crippen LogP contribution is 2.38. The van der Waals surface area contributed by atoms with E-state index in [0.717, 1.165) is 5.56 Å². The molecule has 1 atom stereocenters. The molecule has 0 amide bonds. The lowest BCUT2D eigenvalue weighted by atomic mass is 10.1. The van der Waals surface area contributed by atoms with E-state index in [2.05, 4.69) is 4.98 Å². The Morgan fingerprint density at radius 1 is 1.56 bits per heavy atom. The molecule has 2 N–H and O–H groups in total. The molecule has 88 valence electrons. The molecular weight excluding hydrogens is 212 g/mol. The van der Waals surface area contributed by atoms with Gasteiger partial charge in [-0.15, -0.1) is 0 Å². The monoisotopic (exact) mass is 227 g/mol. The summed E-state index contributed by atoms with van der Waals surface area (Å²) < 4.78 is 26.4. The largest absolute Gasteiger partial charge is 0.326 e. The van der Waals surface area contributed by atoms with Gasteiger partial charge in [0.15, 0.2) is 0 Å². The topological polar surface area (TPSA) is 42.1 Å². The molecule has 1 aliphatic rings. The molecule has 1 aliphatic heterocycles. The number of halogens is 2. The number of alkyl halides is 2. The minimum Gasteiger partial charge on any atom is -0.326 e. The van der Waals surface area contributed by atoms with Crippen LogP contribution in [-0.2, 0) is 6.54 Å². The molecular formula is C11H15F2N3. The van der Waals surface area contributed by atoms with Crippen LogP contribution in [0.1, 0.15) is 23.7 Å². The Bertz CT molecular complexity index is 364. The van der Waals surface area contributed by atoms with Gasteiger partial charge in [0.05, 0.1) is 18.3 Å². The fourth-order valence-electron chi connectivity index (χ4n) is 2.06. The maximum absolute atomic E-state index is 13.2. The van der Waals surface area contributed by atoms with Crippen LogP contribution in [0.25, 0.3) is 0 Å². The average molecular weight is 227 g/mol. The van der Waals surface area contributed by atoms with Crippen molar-refractivity contribution >= 4 is 0 Å². The molecule has 1 unspecified atom stereocenters. The van der Waals surface area contributed by atoms with Crippen LogP contribution in [0.2, 0.25) is 0 Å². The lowest BCUT2D eigenvalue weighted by Gasteiger charge is -2.17. The third-order valence-electron chi connectivity index (χ3n) is 2.93. The molecule has 0 aliphatic carbocycles. The Morgan fingerprint density at radius 3 is 2.75 bits per heavy atom. The van der Waals surface area contributed by atoms with Crippen LogP contribution in [0.3, 0.4) is 0 Å². The first kappa shape index (κ1) is 11.4. The second-order valence-corrected chi connectivity index (χ2v) is 4.29. The van der Waals surface area contributed by atoms with Crippen molar-refractivity contribution in [1.82, 2.24) is 9.88 Å². The number of hydrogen-bond acceptors (Lipinski definition) is 3. The van der Waals surface area contributed by atoms with Crippen LogP contribution in [-0.4, -0.2) is 29.4 Å². The van der Waals surface area contributed by atoms with Gasteiger partial charge in [-0.05, 0) is 18.7 Å². The number of likely N-dealkylation sites (tertiary alicyclic amines) is 1. The van der Waals surface area contributed by atoms with Gasteiger partial charge in [0, 0.05) is 19.2 Å². The van der Waals surface area contributed by atoms with E-state index in [4.69, 9.17) is 5.73 Å².